The van der Waals surface area contributed by atoms with Crippen LogP contribution in [0, 0.1) is 0 Å². The first kappa shape index (κ1) is 19.8. The average molecular weight is 491 g/mol. The average Bonchev–Trinajstić information content (AvgIpc) is 3.57. The number of nitrogens with zero attached hydrogens (tertiary/aromatic N) is 3. The van der Waals surface area contributed by atoms with Crippen LogP contribution in [0.2, 0.25) is 0 Å². The number of benzene rings is 1. The van der Waals surface area contributed by atoms with Crippen molar-refractivity contribution in [1.82, 2.24) is 19.9 Å². The largest absolute Gasteiger partial charge is 0.309 e. The van der Waals surface area contributed by atoms with Gasteiger partial charge in [0.05, 0.1) is 11.1 Å². The van der Waals surface area contributed by atoms with E-state index in [2.05, 4.69) is 33.2 Å². The van der Waals surface area contributed by atoms with Crippen molar-refractivity contribution in [2.75, 3.05) is 0 Å². The third-order valence-corrected chi connectivity index (χ3v) is 8.86. The van der Waals surface area contributed by atoms with Crippen molar-refractivity contribution >= 4 is 66.2 Å². The molecule has 32 heavy (non-hydrogen) atoms. The molecule has 0 atom stereocenters. The van der Waals surface area contributed by atoms with Crippen molar-refractivity contribution in [3.05, 3.63) is 81.8 Å². The van der Waals surface area contributed by atoms with Crippen molar-refractivity contribution in [2.45, 2.75) is 10.8 Å². The highest BCUT2D eigenvalue weighted by Gasteiger charge is 2.15. The van der Waals surface area contributed by atoms with Gasteiger partial charge in [0.1, 0.15) is 26.8 Å². The summed E-state index contributed by atoms with van der Waals surface area (Å²) in [5.41, 5.74) is 2.03. The summed E-state index contributed by atoms with van der Waals surface area (Å²) in [7, 11) is 0. The van der Waals surface area contributed by atoms with Gasteiger partial charge in [-0.25, -0.2) is 15.0 Å². The first-order valence-electron chi connectivity index (χ1n) is 9.73. The summed E-state index contributed by atoms with van der Waals surface area (Å²) >= 11 is 6.35. The quantitative estimate of drug-likeness (QED) is 0.216. The molecule has 0 aliphatic rings. The molecule has 0 saturated carbocycles. The minimum atomic E-state index is -0.0926. The summed E-state index contributed by atoms with van der Waals surface area (Å²) in [6.45, 7) is 0. The molecule has 156 valence electrons. The smallest absolute Gasteiger partial charge is 0.260 e. The van der Waals surface area contributed by atoms with Crippen LogP contribution in [0.25, 0.3) is 41.3 Å². The molecule has 5 heterocycles. The summed E-state index contributed by atoms with van der Waals surface area (Å²) in [6.07, 6.45) is 1.60. The molecule has 6 rings (SSSR count). The maximum atomic E-state index is 12.8. The molecular formula is C23H14N4OS4. The van der Waals surface area contributed by atoms with Gasteiger partial charge in [0, 0.05) is 26.1 Å². The Morgan fingerprint density at radius 1 is 0.969 bits per heavy atom. The number of thioether (sulfide) groups is 1. The van der Waals surface area contributed by atoms with Gasteiger partial charge in [0.25, 0.3) is 5.56 Å². The molecule has 0 fully saturated rings. The van der Waals surface area contributed by atoms with Gasteiger partial charge in [-0.2, -0.15) is 0 Å². The van der Waals surface area contributed by atoms with Crippen LogP contribution in [-0.4, -0.2) is 19.9 Å². The second-order valence-electron chi connectivity index (χ2n) is 6.98. The molecule has 0 radical (unpaired) electrons. The van der Waals surface area contributed by atoms with Crippen LogP contribution in [0.1, 0.15) is 5.82 Å². The summed E-state index contributed by atoms with van der Waals surface area (Å²) in [5, 5.41) is 6.62. The topological polar surface area (TPSA) is 71.5 Å². The van der Waals surface area contributed by atoms with E-state index in [-0.39, 0.29) is 5.56 Å². The molecule has 5 nitrogen and oxygen atoms in total. The van der Waals surface area contributed by atoms with E-state index in [1.165, 1.54) is 16.9 Å². The molecular weight excluding hydrogens is 477 g/mol. The summed E-state index contributed by atoms with van der Waals surface area (Å²) in [5.74, 6) is 1.18. The Morgan fingerprint density at radius 2 is 1.88 bits per heavy atom. The van der Waals surface area contributed by atoms with Gasteiger partial charge in [-0.1, -0.05) is 48.2 Å². The molecule has 1 N–H and O–H groups in total. The van der Waals surface area contributed by atoms with Crippen LogP contribution in [-0.2, 0) is 5.75 Å². The highest BCUT2D eigenvalue weighted by Crippen LogP contribution is 2.37. The number of aromatic amines is 1. The molecule has 0 saturated heterocycles. The van der Waals surface area contributed by atoms with Crippen LogP contribution in [0.4, 0.5) is 0 Å². The Morgan fingerprint density at radius 3 is 2.72 bits per heavy atom. The van der Waals surface area contributed by atoms with Crippen LogP contribution < -0.4 is 5.56 Å². The molecule has 1 aromatic carbocycles. The standard InChI is InChI=1S/C23H14N4OS4/c28-20-19-15(16-7-4-8-29-16)10-30-23(19)27-18(26-20)11-31-21-14-9-17(13-5-2-1-3-6-13)32-22(14)25-12-24-21/h1-10,12H,11H2,(H,26,27,28). The molecule has 6 aromatic rings. The predicted molar refractivity (Wildman–Crippen MR) is 136 cm³/mol. The summed E-state index contributed by atoms with van der Waals surface area (Å²) < 4.78 is 0. The second-order valence-corrected chi connectivity index (χ2v) is 10.8. The number of aromatic nitrogens is 4. The second kappa shape index (κ2) is 8.25. The fourth-order valence-electron chi connectivity index (χ4n) is 3.51. The lowest BCUT2D eigenvalue weighted by Gasteiger charge is -2.03. The van der Waals surface area contributed by atoms with Crippen molar-refractivity contribution in [3.8, 4) is 20.9 Å². The Bertz CT molecular complexity index is 1600. The van der Waals surface area contributed by atoms with E-state index < -0.39 is 0 Å². The van der Waals surface area contributed by atoms with Crippen LogP contribution >= 0.6 is 45.8 Å². The van der Waals surface area contributed by atoms with E-state index in [4.69, 9.17) is 4.98 Å². The normalized spacial score (nSPS) is 11.5. The number of nitrogens with one attached hydrogen (secondary N) is 1. The Balaban J connectivity index is 1.31. The van der Waals surface area contributed by atoms with Crippen molar-refractivity contribution in [3.63, 3.8) is 0 Å². The highest BCUT2D eigenvalue weighted by molar-refractivity contribution is 7.98. The third-order valence-electron chi connectivity index (χ3n) is 4.98. The number of fused-ring (bicyclic) bond motifs is 2. The number of hydrogen-bond acceptors (Lipinski definition) is 8. The maximum absolute atomic E-state index is 12.8. The lowest BCUT2D eigenvalue weighted by molar-refractivity contribution is 1.04. The monoisotopic (exact) mass is 490 g/mol. The van der Waals surface area contributed by atoms with E-state index >= 15 is 0 Å². The first-order chi connectivity index (χ1) is 15.8. The zero-order valence-corrected chi connectivity index (χ0v) is 19.7. The maximum Gasteiger partial charge on any atom is 0.260 e. The van der Waals surface area contributed by atoms with Crippen LogP contribution in [0.15, 0.2) is 75.4 Å². The molecule has 0 aliphatic carbocycles. The summed E-state index contributed by atoms with van der Waals surface area (Å²) in [4.78, 5) is 33.4. The minimum absolute atomic E-state index is 0.0926. The molecule has 0 spiro atoms. The fourth-order valence-corrected chi connectivity index (χ4v) is 7.20. The van der Waals surface area contributed by atoms with Gasteiger partial charge in [-0.05, 0) is 23.1 Å². The van der Waals surface area contributed by atoms with Gasteiger partial charge in [0.15, 0.2) is 0 Å². The predicted octanol–water partition coefficient (Wildman–Crippen LogP) is 6.68. The van der Waals surface area contributed by atoms with Crippen molar-refractivity contribution in [1.29, 1.82) is 0 Å². The molecule has 0 amide bonds. The number of H-pyrrole nitrogens is 1. The van der Waals surface area contributed by atoms with Gasteiger partial charge < -0.3 is 4.98 Å². The highest BCUT2D eigenvalue weighted by atomic mass is 32.2. The van der Waals surface area contributed by atoms with Gasteiger partial charge >= 0.3 is 0 Å². The molecule has 0 aliphatic heterocycles. The van der Waals surface area contributed by atoms with Gasteiger partial charge in [0.2, 0.25) is 0 Å². The van der Waals surface area contributed by atoms with E-state index in [1.54, 1.807) is 40.8 Å². The molecule has 0 bridgehead atoms. The third kappa shape index (κ3) is 3.57. The number of thiophene rings is 3. The van der Waals surface area contributed by atoms with E-state index in [0.717, 1.165) is 35.4 Å². The Hall–Kier alpha value is -2.85. The zero-order chi connectivity index (χ0) is 21.5. The Labute approximate surface area is 198 Å². The zero-order valence-electron chi connectivity index (χ0n) is 16.4. The molecule has 0 unspecified atom stereocenters. The van der Waals surface area contributed by atoms with Crippen molar-refractivity contribution < 1.29 is 0 Å². The number of hydrogen-bond donors (Lipinski definition) is 1. The Kier molecular flexibility index (Phi) is 5.11. The van der Waals surface area contributed by atoms with E-state index in [0.29, 0.717) is 17.0 Å². The van der Waals surface area contributed by atoms with E-state index in [9.17, 15) is 4.79 Å². The SMILES string of the molecule is O=c1[nH]c(CSc2ncnc3sc(-c4ccccc4)cc23)nc2scc(-c3cccs3)c12. The molecule has 9 heteroatoms. The number of rotatable bonds is 5. The van der Waals surface area contributed by atoms with Crippen LogP contribution in [0.5, 0.6) is 0 Å². The fraction of sp³-hybridized carbons (Fsp3) is 0.0435. The van der Waals surface area contributed by atoms with Gasteiger partial charge in [-0.3, -0.25) is 4.79 Å². The molecule has 5 aromatic heterocycles. The van der Waals surface area contributed by atoms with Crippen molar-refractivity contribution in [2.24, 2.45) is 0 Å². The lowest BCUT2D eigenvalue weighted by Crippen LogP contribution is -2.10. The summed E-state index contributed by atoms with van der Waals surface area (Å²) in [6, 6.07) is 16.4. The first-order valence-corrected chi connectivity index (χ1v) is 13.3. The van der Waals surface area contributed by atoms with E-state index in [1.807, 2.05) is 41.1 Å². The lowest BCUT2D eigenvalue weighted by atomic mass is 10.2. The minimum Gasteiger partial charge on any atom is -0.309 e. The van der Waals surface area contributed by atoms with Crippen LogP contribution in [0.3, 0.4) is 0 Å². The van der Waals surface area contributed by atoms with Gasteiger partial charge in [-0.15, -0.1) is 34.0 Å².